The summed E-state index contributed by atoms with van der Waals surface area (Å²) in [4.78, 5) is 38.5. The van der Waals surface area contributed by atoms with Crippen LogP contribution in [-0.2, 0) is 0 Å². The van der Waals surface area contributed by atoms with Gasteiger partial charge in [0.05, 0.1) is 23.8 Å². The largest absolute Gasteiger partial charge is 0.492 e. The van der Waals surface area contributed by atoms with Gasteiger partial charge in [-0.15, -0.1) is 0 Å². The number of aromatic carboxylic acids is 1. The van der Waals surface area contributed by atoms with Gasteiger partial charge >= 0.3 is 5.97 Å². The van der Waals surface area contributed by atoms with Gasteiger partial charge in [-0.05, 0) is 55.5 Å². The molecule has 0 saturated heterocycles. The molecule has 1 atom stereocenters. The lowest BCUT2D eigenvalue weighted by Crippen LogP contribution is -2.32. The van der Waals surface area contributed by atoms with Crippen LogP contribution in [0.5, 0.6) is 5.75 Å². The summed E-state index contributed by atoms with van der Waals surface area (Å²) < 4.78 is 5.86. The van der Waals surface area contributed by atoms with E-state index in [9.17, 15) is 19.5 Å². The Morgan fingerprint density at radius 3 is 2.30 bits per heavy atom. The fourth-order valence-electron chi connectivity index (χ4n) is 4.37. The second kappa shape index (κ2) is 8.30. The first-order valence-corrected chi connectivity index (χ1v) is 10.4. The number of hydrogen-bond donors (Lipinski definition) is 1. The van der Waals surface area contributed by atoms with Crippen molar-refractivity contribution in [1.82, 2.24) is 4.90 Å². The molecule has 4 rings (SSSR count). The number of amides is 2. The number of benzene rings is 2. The molecule has 1 aliphatic heterocycles. The summed E-state index contributed by atoms with van der Waals surface area (Å²) in [7, 11) is 0. The lowest BCUT2D eigenvalue weighted by molar-refractivity contribution is 0.0595. The van der Waals surface area contributed by atoms with Crippen LogP contribution < -0.4 is 4.74 Å². The van der Waals surface area contributed by atoms with Gasteiger partial charge in [0.15, 0.2) is 0 Å². The van der Waals surface area contributed by atoms with Crippen LogP contribution in [0.3, 0.4) is 0 Å². The fraction of sp³-hybridized carbons (Fsp3) is 0.375. The predicted octanol–water partition coefficient (Wildman–Crippen LogP) is 4.70. The number of carboxylic acids is 1. The number of carboxylic acid groups (broad SMARTS) is 1. The second-order valence-electron chi connectivity index (χ2n) is 8.08. The van der Waals surface area contributed by atoms with Crippen molar-refractivity contribution in [3.8, 4) is 5.75 Å². The maximum atomic E-state index is 12.7. The lowest BCUT2D eigenvalue weighted by atomic mass is 9.90. The third-order valence-electron chi connectivity index (χ3n) is 6.13. The highest BCUT2D eigenvalue weighted by Crippen LogP contribution is 2.33. The van der Waals surface area contributed by atoms with Crippen molar-refractivity contribution in [2.45, 2.75) is 45.1 Å². The molecule has 6 nitrogen and oxygen atoms in total. The maximum Gasteiger partial charge on any atom is 0.339 e. The van der Waals surface area contributed by atoms with Crippen LogP contribution in [0.4, 0.5) is 0 Å². The molecule has 2 aromatic carbocycles. The number of rotatable bonds is 6. The molecule has 1 fully saturated rings. The highest BCUT2D eigenvalue weighted by Gasteiger charge is 2.38. The van der Waals surface area contributed by atoms with Crippen molar-refractivity contribution < 1.29 is 24.2 Å². The van der Waals surface area contributed by atoms with Crippen molar-refractivity contribution in [1.29, 1.82) is 0 Å². The Labute approximate surface area is 175 Å². The van der Waals surface area contributed by atoms with Crippen LogP contribution in [-0.4, -0.2) is 34.4 Å². The number of ether oxygens (including phenoxy) is 1. The summed E-state index contributed by atoms with van der Waals surface area (Å²) in [6, 6.07) is 11.0. The van der Waals surface area contributed by atoms with Gasteiger partial charge in [0, 0.05) is 0 Å². The van der Waals surface area contributed by atoms with Gasteiger partial charge in [-0.1, -0.05) is 37.5 Å². The Balaban J connectivity index is 1.56. The van der Waals surface area contributed by atoms with Gasteiger partial charge in [-0.25, -0.2) is 4.79 Å². The van der Waals surface area contributed by atoms with Gasteiger partial charge in [0.2, 0.25) is 0 Å². The first kappa shape index (κ1) is 20.1. The van der Waals surface area contributed by atoms with Crippen LogP contribution in [0.1, 0.15) is 81.7 Å². The Kier molecular flexibility index (Phi) is 5.57. The number of fused-ring (bicyclic) bond motifs is 1. The zero-order chi connectivity index (χ0) is 21.3. The summed E-state index contributed by atoms with van der Waals surface area (Å²) in [6.45, 7) is 2.23. The van der Waals surface area contributed by atoms with Crippen molar-refractivity contribution in [3.63, 3.8) is 0 Å². The molecule has 1 heterocycles. The molecule has 2 aliphatic rings. The molecule has 2 aromatic rings. The molecule has 6 heteroatoms. The van der Waals surface area contributed by atoms with E-state index in [1.807, 2.05) is 0 Å². The maximum absolute atomic E-state index is 12.7. The van der Waals surface area contributed by atoms with Gasteiger partial charge in [0.25, 0.3) is 11.8 Å². The van der Waals surface area contributed by atoms with Gasteiger partial charge in [-0.3, -0.25) is 14.5 Å². The lowest BCUT2D eigenvalue weighted by Gasteiger charge is -2.24. The highest BCUT2D eigenvalue weighted by molar-refractivity contribution is 6.21. The van der Waals surface area contributed by atoms with E-state index < -0.39 is 12.0 Å². The highest BCUT2D eigenvalue weighted by atomic mass is 16.5. The van der Waals surface area contributed by atoms with E-state index >= 15 is 0 Å². The minimum absolute atomic E-state index is 0.0479. The van der Waals surface area contributed by atoms with Crippen molar-refractivity contribution in [2.75, 3.05) is 6.61 Å². The van der Waals surface area contributed by atoms with Crippen LogP contribution in [0.2, 0.25) is 0 Å². The summed E-state index contributed by atoms with van der Waals surface area (Å²) in [6.07, 6.45) is 5.85. The predicted molar refractivity (Wildman–Crippen MR) is 111 cm³/mol. The third-order valence-corrected chi connectivity index (χ3v) is 6.13. The number of carbonyl (C=O) groups is 3. The molecule has 1 saturated carbocycles. The molecule has 156 valence electrons. The Morgan fingerprint density at radius 2 is 1.70 bits per heavy atom. The van der Waals surface area contributed by atoms with Crippen LogP contribution >= 0.6 is 0 Å². The molecule has 0 spiro atoms. The second-order valence-corrected chi connectivity index (χ2v) is 8.08. The molecule has 0 bridgehead atoms. The van der Waals surface area contributed by atoms with Crippen LogP contribution in [0.25, 0.3) is 0 Å². The summed E-state index contributed by atoms with van der Waals surface area (Å²) in [5.74, 6) is -1.04. The normalized spacial score (nSPS) is 17.7. The van der Waals surface area contributed by atoms with E-state index in [1.165, 1.54) is 30.2 Å². The summed E-state index contributed by atoms with van der Waals surface area (Å²) in [5, 5.41) is 9.69. The zero-order valence-corrected chi connectivity index (χ0v) is 17.0. The topological polar surface area (TPSA) is 83.9 Å². The van der Waals surface area contributed by atoms with E-state index in [2.05, 4.69) is 0 Å². The summed E-state index contributed by atoms with van der Waals surface area (Å²) >= 11 is 0. The van der Waals surface area contributed by atoms with Gasteiger partial charge in [0.1, 0.15) is 11.3 Å². The molecular weight excluding hydrogens is 382 g/mol. The third kappa shape index (κ3) is 3.70. The van der Waals surface area contributed by atoms with Crippen molar-refractivity contribution in [3.05, 3.63) is 64.7 Å². The molecule has 0 radical (unpaired) electrons. The summed E-state index contributed by atoms with van der Waals surface area (Å²) in [5.41, 5.74) is 1.37. The Bertz CT molecular complexity index is 958. The number of nitrogens with zero attached hydrogens (tertiary/aromatic N) is 1. The first-order valence-electron chi connectivity index (χ1n) is 10.4. The monoisotopic (exact) mass is 407 g/mol. The standard InChI is InChI=1S/C24H25NO5/c1-15(25-22(26)18-9-5-6-10-19(18)23(25)27)17-11-12-21(20(13-17)24(28)29)30-14-16-7-3-2-4-8-16/h5-6,9-13,15-16H,2-4,7-8,14H2,1H3,(H,28,29)/t15-/m0/s1. The quantitative estimate of drug-likeness (QED) is 0.702. The fourth-order valence-corrected chi connectivity index (χ4v) is 4.37. The number of hydrogen-bond acceptors (Lipinski definition) is 4. The Morgan fingerprint density at radius 1 is 1.07 bits per heavy atom. The van der Waals surface area contributed by atoms with E-state index in [1.54, 1.807) is 43.3 Å². The minimum Gasteiger partial charge on any atom is -0.492 e. The number of carbonyl (C=O) groups excluding carboxylic acids is 2. The molecular formula is C24H25NO5. The average molecular weight is 407 g/mol. The SMILES string of the molecule is C[C@@H](c1ccc(OCC2CCCCC2)c(C(=O)O)c1)N1C(=O)c2ccccc2C1=O. The molecule has 0 unspecified atom stereocenters. The number of imide groups is 1. The zero-order valence-electron chi connectivity index (χ0n) is 17.0. The van der Waals surface area contributed by atoms with Gasteiger partial charge < -0.3 is 9.84 Å². The molecule has 0 aromatic heterocycles. The molecule has 2 amide bonds. The smallest absolute Gasteiger partial charge is 0.339 e. The van der Waals surface area contributed by atoms with E-state index in [4.69, 9.17) is 4.74 Å². The molecule has 1 N–H and O–H groups in total. The first-order chi connectivity index (χ1) is 14.5. The van der Waals surface area contributed by atoms with Crippen molar-refractivity contribution in [2.24, 2.45) is 5.92 Å². The van der Waals surface area contributed by atoms with E-state index in [0.717, 1.165) is 12.8 Å². The average Bonchev–Trinajstić information content (AvgIpc) is 3.02. The van der Waals surface area contributed by atoms with E-state index in [-0.39, 0.29) is 17.4 Å². The van der Waals surface area contributed by atoms with Crippen LogP contribution in [0.15, 0.2) is 42.5 Å². The Hall–Kier alpha value is -3.15. The van der Waals surface area contributed by atoms with E-state index in [0.29, 0.717) is 35.0 Å². The molecule has 30 heavy (non-hydrogen) atoms. The molecule has 1 aliphatic carbocycles. The van der Waals surface area contributed by atoms with Crippen LogP contribution in [0, 0.1) is 5.92 Å². The minimum atomic E-state index is -1.09. The van der Waals surface area contributed by atoms with Gasteiger partial charge in [-0.2, -0.15) is 0 Å². The van der Waals surface area contributed by atoms with Crippen molar-refractivity contribution >= 4 is 17.8 Å².